The second-order valence-electron chi connectivity index (χ2n) is 6.54. The first kappa shape index (κ1) is 15.1. The van der Waals surface area contributed by atoms with Gasteiger partial charge in [0.2, 0.25) is 0 Å². The van der Waals surface area contributed by atoms with Gasteiger partial charge in [0.25, 0.3) is 5.91 Å². The Bertz CT molecular complexity index is 737. The van der Waals surface area contributed by atoms with Crippen LogP contribution in [0.25, 0.3) is 0 Å². The Labute approximate surface area is 140 Å². The van der Waals surface area contributed by atoms with Crippen LogP contribution in [0.1, 0.15) is 23.2 Å². The number of halogens is 1. The number of benzene rings is 1. The Hall–Kier alpha value is -2.43. The normalized spacial score (nSPS) is 25.5. The van der Waals surface area contributed by atoms with Gasteiger partial charge >= 0.3 is 0 Å². The Morgan fingerprint density at radius 1 is 1.17 bits per heavy atom. The number of ether oxygens (including phenoxy) is 1. The van der Waals surface area contributed by atoms with E-state index in [1.54, 1.807) is 42.7 Å². The second-order valence-corrected chi connectivity index (χ2v) is 6.54. The molecule has 2 fully saturated rings. The van der Waals surface area contributed by atoms with Crippen molar-refractivity contribution in [2.24, 2.45) is 11.8 Å². The molecule has 3 atom stereocenters. The Kier molecular flexibility index (Phi) is 3.92. The molecule has 1 aliphatic carbocycles. The molecule has 1 aromatic carbocycles. The van der Waals surface area contributed by atoms with Crippen molar-refractivity contribution in [2.75, 3.05) is 13.1 Å². The lowest BCUT2D eigenvalue weighted by atomic mass is 9.99. The summed E-state index contributed by atoms with van der Waals surface area (Å²) in [4.78, 5) is 18.5. The molecule has 4 nitrogen and oxygen atoms in total. The highest BCUT2D eigenvalue weighted by Crippen LogP contribution is 2.40. The molecule has 1 aromatic heterocycles. The van der Waals surface area contributed by atoms with E-state index in [0.29, 0.717) is 23.8 Å². The number of hydrogen-bond acceptors (Lipinski definition) is 3. The molecular formula is C19H19FN2O2. The van der Waals surface area contributed by atoms with Gasteiger partial charge < -0.3 is 9.64 Å². The third-order valence-electron chi connectivity index (χ3n) is 5.10. The average molecular weight is 326 g/mol. The fraction of sp³-hybridized carbons (Fsp3) is 0.368. The van der Waals surface area contributed by atoms with E-state index in [9.17, 15) is 9.18 Å². The van der Waals surface area contributed by atoms with Crippen LogP contribution in [-0.2, 0) is 0 Å². The molecule has 1 saturated heterocycles. The van der Waals surface area contributed by atoms with Gasteiger partial charge in [0.05, 0.1) is 5.56 Å². The van der Waals surface area contributed by atoms with Crippen molar-refractivity contribution in [3.63, 3.8) is 0 Å². The molecule has 0 unspecified atom stereocenters. The predicted octanol–water partition coefficient (Wildman–Crippen LogP) is 3.15. The van der Waals surface area contributed by atoms with E-state index in [4.69, 9.17) is 4.74 Å². The van der Waals surface area contributed by atoms with E-state index in [2.05, 4.69) is 4.98 Å². The molecule has 0 radical (unpaired) electrons. The van der Waals surface area contributed by atoms with Crippen LogP contribution in [0.15, 0.2) is 48.8 Å². The number of carbonyl (C=O) groups is 1. The molecule has 4 rings (SSSR count). The maximum atomic E-state index is 13.8. The fourth-order valence-corrected chi connectivity index (χ4v) is 3.90. The average Bonchev–Trinajstić information content (AvgIpc) is 3.19. The lowest BCUT2D eigenvalue weighted by Gasteiger charge is -2.22. The Balaban J connectivity index is 1.45. The maximum Gasteiger partial charge on any atom is 0.255 e. The molecule has 0 N–H and O–H groups in total. The molecule has 0 spiro atoms. The van der Waals surface area contributed by atoms with E-state index in [1.165, 1.54) is 6.07 Å². The minimum absolute atomic E-state index is 0.0159. The molecule has 1 amide bonds. The minimum Gasteiger partial charge on any atom is -0.487 e. The molecule has 2 aromatic rings. The van der Waals surface area contributed by atoms with Crippen LogP contribution in [0.5, 0.6) is 5.75 Å². The summed E-state index contributed by atoms with van der Waals surface area (Å²) in [6.45, 7) is 1.41. The van der Waals surface area contributed by atoms with E-state index in [-0.39, 0.29) is 23.7 Å². The quantitative estimate of drug-likeness (QED) is 0.870. The van der Waals surface area contributed by atoms with Crippen LogP contribution in [0.3, 0.4) is 0 Å². The topological polar surface area (TPSA) is 42.4 Å². The highest BCUT2D eigenvalue weighted by molar-refractivity contribution is 5.94. The molecule has 24 heavy (non-hydrogen) atoms. The van der Waals surface area contributed by atoms with Crippen LogP contribution in [0, 0.1) is 17.7 Å². The number of amides is 1. The number of fused-ring (bicyclic) bond motifs is 1. The maximum absolute atomic E-state index is 13.8. The summed E-state index contributed by atoms with van der Waals surface area (Å²) < 4.78 is 19.7. The molecule has 5 heteroatoms. The summed E-state index contributed by atoms with van der Waals surface area (Å²) in [6, 6.07) is 10.1. The van der Waals surface area contributed by atoms with Gasteiger partial charge in [-0.2, -0.15) is 0 Å². The number of carbonyl (C=O) groups excluding carboxylic acids is 1. The number of rotatable bonds is 3. The van der Waals surface area contributed by atoms with Gasteiger partial charge in [-0.15, -0.1) is 0 Å². The molecule has 124 valence electrons. The van der Waals surface area contributed by atoms with Crippen molar-refractivity contribution < 1.29 is 13.9 Å². The summed E-state index contributed by atoms with van der Waals surface area (Å²) in [6.07, 6.45) is 5.16. The zero-order chi connectivity index (χ0) is 16.5. The molecule has 1 saturated carbocycles. The van der Waals surface area contributed by atoms with E-state index in [0.717, 1.165) is 19.4 Å². The van der Waals surface area contributed by atoms with Gasteiger partial charge in [-0.25, -0.2) is 4.39 Å². The van der Waals surface area contributed by atoms with E-state index >= 15 is 0 Å². The van der Waals surface area contributed by atoms with Crippen LogP contribution in [0.4, 0.5) is 4.39 Å². The van der Waals surface area contributed by atoms with Crippen molar-refractivity contribution in [3.8, 4) is 5.75 Å². The number of hydrogen-bond donors (Lipinski definition) is 0. The third kappa shape index (κ3) is 2.75. The summed E-state index contributed by atoms with van der Waals surface area (Å²) in [5.41, 5.74) is 0.615. The molecule has 1 aliphatic heterocycles. The van der Waals surface area contributed by atoms with Crippen molar-refractivity contribution in [3.05, 3.63) is 60.2 Å². The number of likely N-dealkylation sites (tertiary alicyclic amines) is 1. The van der Waals surface area contributed by atoms with Gasteiger partial charge in [-0.1, -0.05) is 12.1 Å². The van der Waals surface area contributed by atoms with E-state index in [1.807, 2.05) is 4.90 Å². The monoisotopic (exact) mass is 326 g/mol. The number of para-hydroxylation sites is 1. The van der Waals surface area contributed by atoms with Gasteiger partial charge in [0.15, 0.2) is 11.6 Å². The van der Waals surface area contributed by atoms with Crippen molar-refractivity contribution in [1.82, 2.24) is 9.88 Å². The zero-order valence-corrected chi connectivity index (χ0v) is 13.3. The van der Waals surface area contributed by atoms with Gasteiger partial charge in [0.1, 0.15) is 6.10 Å². The fourth-order valence-electron chi connectivity index (χ4n) is 3.90. The molecule has 0 bridgehead atoms. The van der Waals surface area contributed by atoms with Crippen LogP contribution in [0.2, 0.25) is 0 Å². The van der Waals surface area contributed by atoms with E-state index < -0.39 is 0 Å². The lowest BCUT2D eigenvalue weighted by Crippen LogP contribution is -2.32. The first-order chi connectivity index (χ1) is 11.7. The largest absolute Gasteiger partial charge is 0.487 e. The Morgan fingerprint density at radius 3 is 2.83 bits per heavy atom. The van der Waals surface area contributed by atoms with Crippen molar-refractivity contribution in [1.29, 1.82) is 0 Å². The molecule has 2 heterocycles. The smallest absolute Gasteiger partial charge is 0.255 e. The SMILES string of the molecule is O=C(c1cccnc1)N1C[C@@H]2CC[C@H](Oc3ccccc3F)[C@@H]2C1. The second kappa shape index (κ2) is 6.23. The first-order valence-electron chi connectivity index (χ1n) is 8.33. The third-order valence-corrected chi connectivity index (χ3v) is 5.10. The van der Waals surface area contributed by atoms with Crippen LogP contribution < -0.4 is 4.74 Å². The van der Waals surface area contributed by atoms with Crippen LogP contribution >= 0.6 is 0 Å². The van der Waals surface area contributed by atoms with Gasteiger partial charge in [-0.3, -0.25) is 9.78 Å². The minimum atomic E-state index is -0.331. The Morgan fingerprint density at radius 2 is 2.04 bits per heavy atom. The summed E-state index contributed by atoms with van der Waals surface area (Å²) in [7, 11) is 0. The first-order valence-corrected chi connectivity index (χ1v) is 8.33. The summed E-state index contributed by atoms with van der Waals surface area (Å²) >= 11 is 0. The van der Waals surface area contributed by atoms with Crippen molar-refractivity contribution in [2.45, 2.75) is 18.9 Å². The summed E-state index contributed by atoms with van der Waals surface area (Å²) in [5.74, 6) is 0.692. The zero-order valence-electron chi connectivity index (χ0n) is 13.3. The standard InChI is InChI=1S/C19H19FN2O2/c20-16-5-1-2-6-18(16)24-17-8-7-14-11-22(12-15(14)17)19(23)13-4-3-9-21-10-13/h1-6,9-10,14-15,17H,7-8,11-12H2/t14-,15+,17-/m0/s1. The van der Waals surface area contributed by atoms with Crippen LogP contribution in [-0.4, -0.2) is 35.0 Å². The molecule has 2 aliphatic rings. The predicted molar refractivity (Wildman–Crippen MR) is 87.2 cm³/mol. The number of aromatic nitrogens is 1. The van der Waals surface area contributed by atoms with Crippen molar-refractivity contribution >= 4 is 5.91 Å². The van der Waals surface area contributed by atoms with Gasteiger partial charge in [-0.05, 0) is 43.0 Å². The van der Waals surface area contributed by atoms with Gasteiger partial charge in [0, 0.05) is 31.4 Å². The highest BCUT2D eigenvalue weighted by atomic mass is 19.1. The number of nitrogens with zero attached hydrogens (tertiary/aromatic N) is 2. The number of pyridine rings is 1. The lowest BCUT2D eigenvalue weighted by molar-refractivity contribution is 0.0760. The highest BCUT2D eigenvalue weighted by Gasteiger charge is 2.45. The summed E-state index contributed by atoms with van der Waals surface area (Å²) in [5, 5.41) is 0. The molecular weight excluding hydrogens is 307 g/mol.